The largest absolute Gasteiger partial charge is 0.481 e. The van der Waals surface area contributed by atoms with Gasteiger partial charge in [-0.05, 0) is 40.3 Å². The van der Waals surface area contributed by atoms with Crippen LogP contribution in [0, 0.1) is 0 Å². The number of hydrogen-bond donors (Lipinski definition) is 1. The van der Waals surface area contributed by atoms with Gasteiger partial charge in [-0.15, -0.1) is 11.3 Å². The molecule has 0 aliphatic carbocycles. The van der Waals surface area contributed by atoms with Gasteiger partial charge in [0.15, 0.2) is 0 Å². The van der Waals surface area contributed by atoms with Crippen LogP contribution < -0.4 is 4.74 Å². The molecule has 0 aliphatic rings. The predicted octanol–water partition coefficient (Wildman–Crippen LogP) is 4.42. The zero-order valence-electron chi connectivity index (χ0n) is 17.7. The molecule has 0 fully saturated rings. The molecule has 170 valence electrons. The number of thiophene rings is 1. The zero-order valence-corrected chi connectivity index (χ0v) is 19.4. The van der Waals surface area contributed by atoms with E-state index < -0.39 is 5.97 Å². The summed E-state index contributed by atoms with van der Waals surface area (Å²) in [6.07, 6.45) is 0.369. The molecule has 3 heterocycles. The minimum Gasteiger partial charge on any atom is -0.481 e. The lowest BCUT2D eigenvalue weighted by Crippen LogP contribution is -2.10. The van der Waals surface area contributed by atoms with Gasteiger partial charge in [0.2, 0.25) is 5.88 Å². The van der Waals surface area contributed by atoms with Gasteiger partial charge in [0, 0.05) is 12.0 Å². The number of aliphatic carboxylic acids is 1. The first-order valence-corrected chi connectivity index (χ1v) is 12.0. The lowest BCUT2D eigenvalue weighted by molar-refractivity contribution is -0.136. The molecule has 0 bridgehead atoms. The number of carboxylic acid groups (broad SMARTS) is 1. The van der Waals surface area contributed by atoms with Crippen molar-refractivity contribution in [2.24, 2.45) is 0 Å². The van der Waals surface area contributed by atoms with Crippen molar-refractivity contribution in [2.45, 2.75) is 19.4 Å². The number of carbonyl (C=O) groups is 2. The minimum absolute atomic E-state index is 0.104. The SMILES string of the molecule is O=COc1c(Cc2ccc3nsnc3c2)c(-c2cccs2)nn1Cc1ccccc1CC(=O)O. The minimum atomic E-state index is -0.913. The monoisotopic (exact) mass is 490 g/mol. The van der Waals surface area contributed by atoms with Crippen LogP contribution in [-0.4, -0.2) is 36.1 Å². The second-order valence-corrected chi connectivity index (χ2v) is 9.06. The van der Waals surface area contributed by atoms with Gasteiger partial charge in [-0.3, -0.25) is 9.59 Å². The van der Waals surface area contributed by atoms with E-state index in [-0.39, 0.29) is 13.0 Å². The Bertz CT molecular complexity index is 1470. The number of benzene rings is 2. The molecule has 0 radical (unpaired) electrons. The Hall–Kier alpha value is -3.89. The summed E-state index contributed by atoms with van der Waals surface area (Å²) in [5.74, 6) is -0.579. The van der Waals surface area contributed by atoms with Gasteiger partial charge >= 0.3 is 5.97 Å². The molecular formula is C24H18N4O4S2. The van der Waals surface area contributed by atoms with Gasteiger partial charge in [0.05, 0.1) is 29.6 Å². The summed E-state index contributed by atoms with van der Waals surface area (Å²) in [6, 6.07) is 17.1. The number of fused-ring (bicyclic) bond motifs is 1. The van der Waals surface area contributed by atoms with Gasteiger partial charge in [0.25, 0.3) is 6.47 Å². The topological polar surface area (TPSA) is 107 Å². The van der Waals surface area contributed by atoms with Crippen molar-refractivity contribution < 1.29 is 19.4 Å². The molecule has 0 saturated carbocycles. The van der Waals surface area contributed by atoms with Crippen LogP contribution in [0.5, 0.6) is 5.88 Å². The normalized spacial score (nSPS) is 11.1. The van der Waals surface area contributed by atoms with Crippen LogP contribution in [-0.2, 0) is 29.0 Å². The molecule has 0 saturated heterocycles. The molecule has 0 spiro atoms. The zero-order chi connectivity index (χ0) is 23.5. The van der Waals surface area contributed by atoms with Gasteiger partial charge in [-0.1, -0.05) is 36.4 Å². The Kier molecular flexibility index (Phi) is 6.15. The summed E-state index contributed by atoms with van der Waals surface area (Å²) in [4.78, 5) is 23.8. The van der Waals surface area contributed by atoms with Crippen LogP contribution in [0.1, 0.15) is 22.3 Å². The molecule has 10 heteroatoms. The third-order valence-corrected chi connectivity index (χ3v) is 6.83. The Balaban J connectivity index is 1.60. The number of aromatic nitrogens is 4. The van der Waals surface area contributed by atoms with Crippen LogP contribution in [0.2, 0.25) is 0 Å². The summed E-state index contributed by atoms with van der Waals surface area (Å²) in [7, 11) is 0. The quantitative estimate of drug-likeness (QED) is 0.305. The molecule has 5 rings (SSSR count). The predicted molar refractivity (Wildman–Crippen MR) is 129 cm³/mol. The van der Waals surface area contributed by atoms with Crippen molar-refractivity contribution in [3.05, 3.63) is 82.2 Å². The fourth-order valence-corrected chi connectivity index (χ4v) is 5.14. The van der Waals surface area contributed by atoms with E-state index in [4.69, 9.17) is 9.84 Å². The van der Waals surface area contributed by atoms with E-state index in [1.165, 1.54) is 0 Å². The average Bonchev–Trinajstić information content (AvgIpc) is 3.57. The van der Waals surface area contributed by atoms with Crippen LogP contribution >= 0.6 is 23.1 Å². The molecule has 0 aliphatic heterocycles. The summed E-state index contributed by atoms with van der Waals surface area (Å²) >= 11 is 2.71. The van der Waals surface area contributed by atoms with E-state index >= 15 is 0 Å². The molecule has 34 heavy (non-hydrogen) atoms. The number of hydrogen-bond acceptors (Lipinski definition) is 8. The molecule has 2 aromatic carbocycles. The molecule has 5 aromatic rings. The first-order chi connectivity index (χ1) is 16.6. The molecule has 1 N–H and O–H groups in total. The molecule has 0 amide bonds. The van der Waals surface area contributed by atoms with Crippen LogP contribution in [0.15, 0.2) is 60.0 Å². The van der Waals surface area contributed by atoms with E-state index in [1.54, 1.807) is 28.2 Å². The third-order valence-electron chi connectivity index (χ3n) is 5.39. The van der Waals surface area contributed by atoms with E-state index in [0.717, 1.165) is 50.0 Å². The highest BCUT2D eigenvalue weighted by Gasteiger charge is 2.23. The number of rotatable bonds is 9. The maximum Gasteiger partial charge on any atom is 0.307 e. The second kappa shape index (κ2) is 9.54. The number of nitrogens with zero attached hydrogens (tertiary/aromatic N) is 4. The van der Waals surface area contributed by atoms with Crippen molar-refractivity contribution in [3.8, 4) is 16.5 Å². The number of ether oxygens (including phenoxy) is 1. The average molecular weight is 491 g/mol. The highest BCUT2D eigenvalue weighted by molar-refractivity contribution is 7.13. The molecule has 3 aromatic heterocycles. The lowest BCUT2D eigenvalue weighted by Gasteiger charge is -2.10. The number of carboxylic acids is 1. The molecule has 0 unspecified atom stereocenters. The maximum atomic E-state index is 11.5. The molecular weight excluding hydrogens is 472 g/mol. The Morgan fingerprint density at radius 3 is 2.65 bits per heavy atom. The Labute approximate surface area is 202 Å². The van der Waals surface area contributed by atoms with Crippen LogP contribution in [0.25, 0.3) is 21.6 Å². The standard InChI is InChI=1S/C24H18N4O4S2/c29-14-32-24-18(10-15-7-8-19-20(11-15)27-34-26-19)23(21-6-3-9-33-21)25-28(24)13-17-5-2-1-4-16(17)12-22(30)31/h1-9,11,14H,10,12-13H2,(H,30,31). The van der Waals surface area contributed by atoms with Crippen LogP contribution in [0.3, 0.4) is 0 Å². The summed E-state index contributed by atoms with van der Waals surface area (Å²) in [5.41, 5.74) is 5.60. The second-order valence-electron chi connectivity index (χ2n) is 7.58. The smallest absolute Gasteiger partial charge is 0.307 e. The van der Waals surface area contributed by atoms with Gasteiger partial charge in [0.1, 0.15) is 16.7 Å². The van der Waals surface area contributed by atoms with E-state index in [1.807, 2.05) is 47.8 Å². The Morgan fingerprint density at radius 1 is 1.06 bits per heavy atom. The first-order valence-electron chi connectivity index (χ1n) is 10.4. The molecule has 8 nitrogen and oxygen atoms in total. The molecule has 0 atom stereocenters. The van der Waals surface area contributed by atoms with Crippen molar-refractivity contribution >= 4 is 46.5 Å². The van der Waals surface area contributed by atoms with Crippen molar-refractivity contribution in [3.63, 3.8) is 0 Å². The summed E-state index contributed by atoms with van der Waals surface area (Å²) in [5, 5.41) is 16.1. The van der Waals surface area contributed by atoms with Crippen LogP contribution in [0.4, 0.5) is 0 Å². The third kappa shape index (κ3) is 4.45. The van der Waals surface area contributed by atoms with Crippen molar-refractivity contribution in [1.82, 2.24) is 18.5 Å². The first kappa shape index (κ1) is 21.9. The number of carbonyl (C=O) groups excluding carboxylic acids is 1. The fraction of sp³-hybridized carbons (Fsp3) is 0.125. The maximum absolute atomic E-state index is 11.5. The highest BCUT2D eigenvalue weighted by atomic mass is 32.1. The van der Waals surface area contributed by atoms with Gasteiger partial charge in [-0.25, -0.2) is 4.68 Å². The lowest BCUT2D eigenvalue weighted by atomic mass is 10.0. The fourth-order valence-electron chi connectivity index (χ4n) is 3.89. The van der Waals surface area contributed by atoms with E-state index in [9.17, 15) is 14.7 Å². The summed E-state index contributed by atoms with van der Waals surface area (Å²) in [6.45, 7) is 0.659. The van der Waals surface area contributed by atoms with Crippen molar-refractivity contribution in [1.29, 1.82) is 0 Å². The van der Waals surface area contributed by atoms with Gasteiger partial charge in [-0.2, -0.15) is 13.8 Å². The van der Waals surface area contributed by atoms with E-state index in [0.29, 0.717) is 24.3 Å². The Morgan fingerprint density at radius 2 is 1.88 bits per heavy atom. The van der Waals surface area contributed by atoms with Gasteiger partial charge < -0.3 is 9.84 Å². The highest BCUT2D eigenvalue weighted by Crippen LogP contribution is 2.35. The van der Waals surface area contributed by atoms with E-state index in [2.05, 4.69) is 8.75 Å². The van der Waals surface area contributed by atoms with Crippen molar-refractivity contribution in [2.75, 3.05) is 0 Å². The summed E-state index contributed by atoms with van der Waals surface area (Å²) < 4.78 is 15.7.